The van der Waals surface area contributed by atoms with Crippen molar-refractivity contribution in [3.8, 4) is 5.88 Å². The molecule has 0 atom stereocenters. The third-order valence-electron chi connectivity index (χ3n) is 3.03. The van der Waals surface area contributed by atoms with Gasteiger partial charge in [0.2, 0.25) is 5.88 Å². The van der Waals surface area contributed by atoms with Crippen LogP contribution in [-0.4, -0.2) is 16.5 Å². The molecule has 21 heavy (non-hydrogen) atoms. The van der Waals surface area contributed by atoms with Gasteiger partial charge in [-0.25, -0.2) is 4.39 Å². The van der Waals surface area contributed by atoms with Crippen LogP contribution in [0.15, 0.2) is 30.6 Å². The van der Waals surface area contributed by atoms with Gasteiger partial charge in [0, 0.05) is 22.7 Å². The molecule has 7 heteroatoms. The standard InChI is InChI=1S/C14H11ClFN3OS/c1-20-14-13(15)12(21-19-14)7-18-9-3-2-8-5-17-6-11(16)10(8)4-9/h2-6,18H,7H2,1H3. The summed E-state index contributed by atoms with van der Waals surface area (Å²) in [4.78, 5) is 4.69. The predicted octanol–water partition coefficient (Wildman–Crippen LogP) is 4.10. The van der Waals surface area contributed by atoms with Crippen LogP contribution in [0.4, 0.5) is 10.1 Å². The van der Waals surface area contributed by atoms with Crippen molar-refractivity contribution in [3.63, 3.8) is 0 Å². The van der Waals surface area contributed by atoms with E-state index in [0.717, 1.165) is 16.0 Å². The Balaban J connectivity index is 1.82. The monoisotopic (exact) mass is 323 g/mol. The number of hydrogen-bond acceptors (Lipinski definition) is 5. The van der Waals surface area contributed by atoms with Gasteiger partial charge in [0.05, 0.1) is 24.7 Å². The van der Waals surface area contributed by atoms with E-state index in [1.165, 1.54) is 24.8 Å². The Labute approximate surface area is 129 Å². The van der Waals surface area contributed by atoms with Crippen molar-refractivity contribution in [2.45, 2.75) is 6.54 Å². The summed E-state index contributed by atoms with van der Waals surface area (Å²) in [6.07, 6.45) is 2.84. The molecule has 0 bridgehead atoms. The number of hydrogen-bond donors (Lipinski definition) is 1. The van der Waals surface area contributed by atoms with Gasteiger partial charge in [-0.05, 0) is 23.7 Å². The molecule has 2 aromatic heterocycles. The highest BCUT2D eigenvalue weighted by molar-refractivity contribution is 7.06. The lowest BCUT2D eigenvalue weighted by Gasteiger charge is -2.07. The number of rotatable bonds is 4. The van der Waals surface area contributed by atoms with E-state index in [2.05, 4.69) is 14.7 Å². The lowest BCUT2D eigenvalue weighted by Crippen LogP contribution is -1.98. The minimum atomic E-state index is -0.339. The minimum absolute atomic E-state index is 0.339. The van der Waals surface area contributed by atoms with E-state index in [-0.39, 0.29) is 5.82 Å². The minimum Gasteiger partial charge on any atom is -0.479 e. The van der Waals surface area contributed by atoms with Gasteiger partial charge in [-0.2, -0.15) is 4.37 Å². The Kier molecular flexibility index (Phi) is 3.90. The maximum atomic E-state index is 13.7. The molecule has 0 aliphatic rings. The summed E-state index contributed by atoms with van der Waals surface area (Å²) >= 11 is 7.40. The highest BCUT2D eigenvalue weighted by Crippen LogP contribution is 2.31. The molecule has 0 aliphatic heterocycles. The van der Waals surface area contributed by atoms with Crippen LogP contribution >= 0.6 is 23.1 Å². The van der Waals surface area contributed by atoms with Crippen molar-refractivity contribution in [1.82, 2.24) is 9.36 Å². The summed E-state index contributed by atoms with van der Waals surface area (Å²) in [5.41, 5.74) is 0.802. The van der Waals surface area contributed by atoms with E-state index in [1.54, 1.807) is 12.3 Å². The number of methoxy groups -OCH3 is 1. The van der Waals surface area contributed by atoms with Crippen LogP contribution in [0.5, 0.6) is 5.88 Å². The van der Waals surface area contributed by atoms with Gasteiger partial charge >= 0.3 is 0 Å². The van der Waals surface area contributed by atoms with Crippen molar-refractivity contribution in [2.75, 3.05) is 12.4 Å². The number of nitrogens with one attached hydrogen (secondary N) is 1. The van der Waals surface area contributed by atoms with Crippen LogP contribution in [0.1, 0.15) is 4.88 Å². The molecule has 0 fully saturated rings. The predicted molar refractivity (Wildman–Crippen MR) is 82.7 cm³/mol. The quantitative estimate of drug-likeness (QED) is 0.785. The number of ether oxygens (including phenoxy) is 1. The highest BCUT2D eigenvalue weighted by Gasteiger charge is 2.11. The van der Waals surface area contributed by atoms with E-state index in [1.807, 2.05) is 12.1 Å². The fourth-order valence-electron chi connectivity index (χ4n) is 1.95. The molecule has 0 amide bonds. The zero-order chi connectivity index (χ0) is 14.8. The molecule has 4 nitrogen and oxygen atoms in total. The zero-order valence-corrected chi connectivity index (χ0v) is 12.6. The van der Waals surface area contributed by atoms with Crippen LogP contribution in [0, 0.1) is 5.82 Å². The van der Waals surface area contributed by atoms with Crippen LogP contribution in [0.2, 0.25) is 5.02 Å². The Morgan fingerprint density at radius 3 is 3.00 bits per heavy atom. The highest BCUT2D eigenvalue weighted by atomic mass is 35.5. The lowest BCUT2D eigenvalue weighted by atomic mass is 10.1. The smallest absolute Gasteiger partial charge is 0.244 e. The van der Waals surface area contributed by atoms with E-state index in [4.69, 9.17) is 16.3 Å². The van der Waals surface area contributed by atoms with Gasteiger partial charge in [-0.15, -0.1) is 0 Å². The summed E-state index contributed by atoms with van der Waals surface area (Å²) in [6.45, 7) is 0.498. The molecule has 1 aromatic carbocycles. The van der Waals surface area contributed by atoms with Crippen LogP contribution in [0.25, 0.3) is 10.8 Å². The average molecular weight is 324 g/mol. The largest absolute Gasteiger partial charge is 0.479 e. The molecule has 3 rings (SSSR count). The first kappa shape index (κ1) is 14.0. The van der Waals surface area contributed by atoms with Crippen LogP contribution in [-0.2, 0) is 6.54 Å². The summed E-state index contributed by atoms with van der Waals surface area (Å²) in [5, 5.41) is 5.00. The van der Waals surface area contributed by atoms with E-state index < -0.39 is 0 Å². The molecule has 0 spiro atoms. The first-order valence-corrected chi connectivity index (χ1v) is 7.29. The number of fused-ring (bicyclic) bond motifs is 1. The lowest BCUT2D eigenvalue weighted by molar-refractivity contribution is 0.402. The first-order valence-electron chi connectivity index (χ1n) is 6.14. The maximum Gasteiger partial charge on any atom is 0.244 e. The van der Waals surface area contributed by atoms with Crippen molar-refractivity contribution in [3.05, 3.63) is 46.3 Å². The first-order chi connectivity index (χ1) is 10.2. The molecular weight excluding hydrogens is 313 g/mol. The molecule has 0 saturated heterocycles. The molecule has 1 N–H and O–H groups in total. The number of benzene rings is 1. The summed E-state index contributed by atoms with van der Waals surface area (Å²) in [7, 11) is 1.53. The van der Waals surface area contributed by atoms with Crippen molar-refractivity contribution in [1.29, 1.82) is 0 Å². The molecular formula is C14H11ClFN3OS. The second kappa shape index (κ2) is 5.83. The second-order valence-electron chi connectivity index (χ2n) is 4.34. The zero-order valence-electron chi connectivity index (χ0n) is 11.1. The van der Waals surface area contributed by atoms with Gasteiger partial charge in [0.25, 0.3) is 0 Å². The molecule has 0 aliphatic carbocycles. The SMILES string of the molecule is COc1nsc(CNc2ccc3cncc(F)c3c2)c1Cl. The van der Waals surface area contributed by atoms with Crippen molar-refractivity contribution < 1.29 is 9.13 Å². The molecule has 3 aromatic rings. The molecule has 2 heterocycles. The normalized spacial score (nSPS) is 10.8. The molecule has 0 saturated carbocycles. The third-order valence-corrected chi connectivity index (χ3v) is 4.36. The fourth-order valence-corrected chi connectivity index (χ4v) is 2.96. The molecule has 0 radical (unpaired) electrons. The second-order valence-corrected chi connectivity index (χ2v) is 5.58. The van der Waals surface area contributed by atoms with Gasteiger partial charge in [-0.3, -0.25) is 4.98 Å². The summed E-state index contributed by atoms with van der Waals surface area (Å²) < 4.78 is 22.8. The van der Waals surface area contributed by atoms with Gasteiger partial charge in [-0.1, -0.05) is 17.7 Å². The van der Waals surface area contributed by atoms with Crippen molar-refractivity contribution >= 4 is 39.6 Å². The Bertz CT molecular complexity index is 793. The Hall–Kier alpha value is -1.92. The molecule has 0 unspecified atom stereocenters. The van der Waals surface area contributed by atoms with Crippen LogP contribution < -0.4 is 10.1 Å². The van der Waals surface area contributed by atoms with Gasteiger partial charge in [0.15, 0.2) is 0 Å². The maximum absolute atomic E-state index is 13.7. The molecule has 108 valence electrons. The van der Waals surface area contributed by atoms with Crippen LogP contribution in [0.3, 0.4) is 0 Å². The summed E-state index contributed by atoms with van der Waals surface area (Å²) in [5.74, 6) is 0.0859. The Morgan fingerprint density at radius 2 is 2.24 bits per heavy atom. The van der Waals surface area contributed by atoms with Crippen molar-refractivity contribution in [2.24, 2.45) is 0 Å². The number of pyridine rings is 1. The van der Waals surface area contributed by atoms with Gasteiger partial charge < -0.3 is 10.1 Å². The number of anilines is 1. The van der Waals surface area contributed by atoms with E-state index >= 15 is 0 Å². The van der Waals surface area contributed by atoms with E-state index in [9.17, 15) is 4.39 Å². The van der Waals surface area contributed by atoms with E-state index in [0.29, 0.717) is 22.8 Å². The summed E-state index contributed by atoms with van der Waals surface area (Å²) in [6, 6.07) is 5.44. The third kappa shape index (κ3) is 2.77. The number of nitrogens with zero attached hydrogens (tertiary/aromatic N) is 2. The Morgan fingerprint density at radius 1 is 1.38 bits per heavy atom. The fraction of sp³-hybridized carbons (Fsp3) is 0.143. The average Bonchev–Trinajstić information content (AvgIpc) is 2.86. The number of aromatic nitrogens is 2. The van der Waals surface area contributed by atoms with Gasteiger partial charge in [0.1, 0.15) is 10.8 Å². The topological polar surface area (TPSA) is 47.0 Å². The number of halogens is 2.